The van der Waals surface area contributed by atoms with Crippen LogP contribution in [0.15, 0.2) is 0 Å². The van der Waals surface area contributed by atoms with Crippen molar-refractivity contribution in [3.05, 3.63) is 0 Å². The quantitative estimate of drug-likeness (QED) is 0.532. The molecule has 0 aromatic carbocycles. The van der Waals surface area contributed by atoms with Gasteiger partial charge in [0.25, 0.3) is 0 Å². The van der Waals surface area contributed by atoms with Crippen LogP contribution in [-0.2, 0) is 0 Å². The second-order valence-electron chi connectivity index (χ2n) is 3.49. The molecule has 0 aromatic rings. The predicted octanol–water partition coefficient (Wildman–Crippen LogP) is 0.898. The summed E-state index contributed by atoms with van der Waals surface area (Å²) in [6.07, 6.45) is 4.06. The lowest BCUT2D eigenvalue weighted by Gasteiger charge is -2.18. The van der Waals surface area contributed by atoms with Gasteiger partial charge in [-0.1, -0.05) is 26.7 Å². The minimum Gasteiger partial charge on any atom is -0.394 e. The molecule has 0 aliphatic heterocycles. The molecule has 0 heterocycles. The highest BCUT2D eigenvalue weighted by Crippen LogP contribution is 2.03. The first kappa shape index (κ1) is 12.9. The maximum atomic E-state index is 9.12. The summed E-state index contributed by atoms with van der Waals surface area (Å²) >= 11 is 0. The number of aliphatic hydroxyl groups excluding tert-OH is 2. The number of rotatable bonds is 8. The molecule has 0 spiro atoms. The molecule has 2 unspecified atom stereocenters. The van der Waals surface area contributed by atoms with E-state index in [1.165, 1.54) is 12.8 Å². The number of aliphatic hydroxyl groups is 2. The molecule has 0 aliphatic rings. The van der Waals surface area contributed by atoms with Crippen LogP contribution in [0, 0.1) is 0 Å². The van der Waals surface area contributed by atoms with E-state index in [2.05, 4.69) is 19.2 Å². The maximum absolute atomic E-state index is 9.12. The van der Waals surface area contributed by atoms with Crippen LogP contribution >= 0.6 is 0 Å². The van der Waals surface area contributed by atoms with Gasteiger partial charge in [0.2, 0.25) is 0 Å². The van der Waals surface area contributed by atoms with Crippen LogP contribution in [0.4, 0.5) is 0 Å². The van der Waals surface area contributed by atoms with Crippen LogP contribution in [-0.4, -0.2) is 35.5 Å². The van der Waals surface area contributed by atoms with Gasteiger partial charge in [-0.05, 0) is 12.8 Å². The normalized spacial score (nSPS) is 15.7. The van der Waals surface area contributed by atoms with E-state index in [9.17, 15) is 0 Å². The molecule has 0 aliphatic carbocycles. The predicted molar refractivity (Wildman–Crippen MR) is 54.7 cm³/mol. The zero-order chi connectivity index (χ0) is 10.1. The van der Waals surface area contributed by atoms with Crippen LogP contribution in [0.1, 0.15) is 39.5 Å². The Hall–Kier alpha value is -0.120. The van der Waals surface area contributed by atoms with Gasteiger partial charge in [-0.25, -0.2) is 0 Å². The SMILES string of the molecule is CCCCC(CC)NCC(O)CO. The maximum Gasteiger partial charge on any atom is 0.0895 e. The molecule has 3 N–H and O–H groups in total. The zero-order valence-electron chi connectivity index (χ0n) is 8.79. The van der Waals surface area contributed by atoms with E-state index < -0.39 is 6.10 Å². The molecular weight excluding hydrogens is 166 g/mol. The van der Waals surface area contributed by atoms with Crippen molar-refractivity contribution in [3.8, 4) is 0 Å². The molecule has 0 saturated carbocycles. The van der Waals surface area contributed by atoms with Crippen LogP contribution in [0.3, 0.4) is 0 Å². The molecule has 13 heavy (non-hydrogen) atoms. The van der Waals surface area contributed by atoms with Crippen LogP contribution in [0.2, 0.25) is 0 Å². The molecule has 80 valence electrons. The summed E-state index contributed by atoms with van der Waals surface area (Å²) in [7, 11) is 0. The topological polar surface area (TPSA) is 52.5 Å². The molecule has 0 bridgehead atoms. The average molecular weight is 189 g/mol. The minimum atomic E-state index is -0.615. The first-order valence-corrected chi connectivity index (χ1v) is 5.26. The lowest BCUT2D eigenvalue weighted by atomic mass is 10.1. The van der Waals surface area contributed by atoms with Gasteiger partial charge in [-0.2, -0.15) is 0 Å². The van der Waals surface area contributed by atoms with E-state index in [1.807, 2.05) is 0 Å². The Morgan fingerprint density at radius 2 is 2.00 bits per heavy atom. The lowest BCUT2D eigenvalue weighted by molar-refractivity contribution is 0.0913. The molecule has 0 radical (unpaired) electrons. The molecule has 3 heteroatoms. The van der Waals surface area contributed by atoms with E-state index in [0.29, 0.717) is 12.6 Å². The van der Waals surface area contributed by atoms with Gasteiger partial charge in [0.15, 0.2) is 0 Å². The van der Waals surface area contributed by atoms with Gasteiger partial charge in [-0.15, -0.1) is 0 Å². The summed E-state index contributed by atoms with van der Waals surface area (Å²) in [4.78, 5) is 0. The van der Waals surface area contributed by atoms with Crippen molar-refractivity contribution in [3.63, 3.8) is 0 Å². The monoisotopic (exact) mass is 189 g/mol. The second-order valence-corrected chi connectivity index (χ2v) is 3.49. The van der Waals surface area contributed by atoms with Crippen LogP contribution < -0.4 is 5.32 Å². The second kappa shape index (κ2) is 8.48. The van der Waals surface area contributed by atoms with Crippen molar-refractivity contribution in [2.24, 2.45) is 0 Å². The molecule has 0 fully saturated rings. The average Bonchev–Trinajstić information content (AvgIpc) is 2.17. The standard InChI is InChI=1S/C10H23NO2/c1-3-5-6-9(4-2)11-7-10(13)8-12/h9-13H,3-8H2,1-2H3. The fourth-order valence-electron chi connectivity index (χ4n) is 1.27. The number of unbranched alkanes of at least 4 members (excludes halogenated alkanes) is 1. The fraction of sp³-hybridized carbons (Fsp3) is 1.00. The fourth-order valence-corrected chi connectivity index (χ4v) is 1.27. The molecule has 0 aromatic heterocycles. The summed E-state index contributed by atoms with van der Waals surface area (Å²) in [5, 5.41) is 21.0. The Bertz CT molecular complexity index is 109. The van der Waals surface area contributed by atoms with Gasteiger partial charge in [-0.3, -0.25) is 0 Å². The number of hydrogen-bond donors (Lipinski definition) is 3. The van der Waals surface area contributed by atoms with Crippen molar-refractivity contribution in [2.45, 2.75) is 51.7 Å². The lowest BCUT2D eigenvalue weighted by Crippen LogP contribution is -2.36. The molecule has 2 atom stereocenters. The van der Waals surface area contributed by atoms with E-state index in [4.69, 9.17) is 10.2 Å². The highest BCUT2D eigenvalue weighted by atomic mass is 16.3. The van der Waals surface area contributed by atoms with E-state index in [1.54, 1.807) is 0 Å². The third-order valence-corrected chi connectivity index (χ3v) is 2.25. The van der Waals surface area contributed by atoms with Gasteiger partial charge >= 0.3 is 0 Å². The third-order valence-electron chi connectivity index (χ3n) is 2.25. The van der Waals surface area contributed by atoms with Crippen molar-refractivity contribution in [1.29, 1.82) is 0 Å². The van der Waals surface area contributed by atoms with Crippen molar-refractivity contribution in [2.75, 3.05) is 13.2 Å². The molecule has 0 amide bonds. The first-order valence-electron chi connectivity index (χ1n) is 5.26. The Kier molecular flexibility index (Phi) is 8.40. The molecule has 3 nitrogen and oxygen atoms in total. The van der Waals surface area contributed by atoms with Crippen molar-refractivity contribution >= 4 is 0 Å². The summed E-state index contributed by atoms with van der Waals surface area (Å²) in [6, 6.07) is 0.487. The zero-order valence-corrected chi connectivity index (χ0v) is 8.79. The summed E-state index contributed by atoms with van der Waals surface area (Å²) in [6.45, 7) is 4.66. The minimum absolute atomic E-state index is 0.156. The highest BCUT2D eigenvalue weighted by Gasteiger charge is 2.07. The van der Waals surface area contributed by atoms with Crippen LogP contribution in [0.25, 0.3) is 0 Å². The summed E-state index contributed by atoms with van der Waals surface area (Å²) < 4.78 is 0. The van der Waals surface area contributed by atoms with E-state index in [-0.39, 0.29) is 6.61 Å². The van der Waals surface area contributed by atoms with Gasteiger partial charge in [0.1, 0.15) is 0 Å². The summed E-state index contributed by atoms with van der Waals surface area (Å²) in [5.74, 6) is 0. The van der Waals surface area contributed by atoms with E-state index >= 15 is 0 Å². The van der Waals surface area contributed by atoms with Crippen LogP contribution in [0.5, 0.6) is 0 Å². The number of nitrogens with one attached hydrogen (secondary N) is 1. The number of hydrogen-bond acceptors (Lipinski definition) is 3. The van der Waals surface area contributed by atoms with Gasteiger partial charge in [0.05, 0.1) is 12.7 Å². The highest BCUT2D eigenvalue weighted by molar-refractivity contribution is 4.67. The van der Waals surface area contributed by atoms with E-state index in [0.717, 1.165) is 12.8 Å². The smallest absolute Gasteiger partial charge is 0.0895 e. The molecule has 0 saturated heterocycles. The van der Waals surface area contributed by atoms with Gasteiger partial charge in [0, 0.05) is 12.6 Å². The Morgan fingerprint density at radius 1 is 1.31 bits per heavy atom. The van der Waals surface area contributed by atoms with Crippen molar-refractivity contribution < 1.29 is 10.2 Å². The van der Waals surface area contributed by atoms with Gasteiger partial charge < -0.3 is 15.5 Å². The Labute approximate surface area is 81.2 Å². The summed E-state index contributed by atoms with van der Waals surface area (Å²) in [5.41, 5.74) is 0. The Morgan fingerprint density at radius 3 is 2.46 bits per heavy atom. The first-order chi connectivity index (χ1) is 6.24. The van der Waals surface area contributed by atoms with Crippen molar-refractivity contribution in [1.82, 2.24) is 5.32 Å². The molecule has 0 rings (SSSR count). The third kappa shape index (κ3) is 6.99. The largest absolute Gasteiger partial charge is 0.394 e. The molecular formula is C10H23NO2. The Balaban J connectivity index is 3.46.